The zero-order valence-electron chi connectivity index (χ0n) is 11.4. The van der Waals surface area contributed by atoms with Gasteiger partial charge in [0, 0.05) is 38.3 Å². The Labute approximate surface area is 111 Å². The molecule has 2 saturated heterocycles. The van der Waals surface area contributed by atoms with Crippen LogP contribution >= 0.6 is 0 Å². The largest absolute Gasteiger partial charge is 0.311 e. The Bertz CT molecular complexity index is 364. The van der Waals surface area contributed by atoms with E-state index in [0.29, 0.717) is 19.6 Å². The molecule has 1 N–H and O–H groups in total. The van der Waals surface area contributed by atoms with Gasteiger partial charge in [-0.1, -0.05) is 12.8 Å². The second-order valence-corrected chi connectivity index (χ2v) is 7.30. The van der Waals surface area contributed by atoms with Gasteiger partial charge in [0.2, 0.25) is 0 Å². The molecule has 2 fully saturated rings. The van der Waals surface area contributed by atoms with Crippen LogP contribution in [0.2, 0.25) is 0 Å². The summed E-state index contributed by atoms with van der Waals surface area (Å²) in [4.78, 5) is 0. The van der Waals surface area contributed by atoms with Crippen LogP contribution in [-0.4, -0.2) is 55.3 Å². The van der Waals surface area contributed by atoms with Gasteiger partial charge in [0.15, 0.2) is 0 Å². The molecule has 0 aromatic carbocycles. The van der Waals surface area contributed by atoms with Crippen molar-refractivity contribution in [3.05, 3.63) is 0 Å². The van der Waals surface area contributed by atoms with Crippen molar-refractivity contribution < 1.29 is 8.42 Å². The Hall–Kier alpha value is -0.170. The second kappa shape index (κ2) is 5.86. The van der Waals surface area contributed by atoms with Gasteiger partial charge in [0.1, 0.15) is 0 Å². The van der Waals surface area contributed by atoms with Crippen LogP contribution < -0.4 is 5.32 Å². The zero-order chi connectivity index (χ0) is 13.2. The highest BCUT2D eigenvalue weighted by atomic mass is 32.2. The normalized spacial score (nSPS) is 33.2. The predicted octanol–water partition coefficient (Wildman–Crippen LogP) is 0.789. The van der Waals surface area contributed by atoms with Crippen molar-refractivity contribution in [1.29, 1.82) is 0 Å². The molecule has 0 amide bonds. The fraction of sp³-hybridized carbons (Fsp3) is 1.00. The number of rotatable bonds is 2. The lowest BCUT2D eigenvalue weighted by atomic mass is 10.1. The first-order valence-electron chi connectivity index (χ1n) is 7.04. The lowest BCUT2D eigenvalue weighted by molar-refractivity contribution is 0.216. The van der Waals surface area contributed by atoms with Gasteiger partial charge in [-0.3, -0.25) is 0 Å². The summed E-state index contributed by atoms with van der Waals surface area (Å²) < 4.78 is 28.7. The van der Waals surface area contributed by atoms with Crippen LogP contribution in [0.25, 0.3) is 0 Å². The Balaban J connectivity index is 2.13. The minimum Gasteiger partial charge on any atom is -0.311 e. The van der Waals surface area contributed by atoms with Gasteiger partial charge in [-0.05, 0) is 26.7 Å². The molecular formula is C12H25N3O2S. The van der Waals surface area contributed by atoms with Gasteiger partial charge in [0.25, 0.3) is 10.2 Å². The van der Waals surface area contributed by atoms with Crippen LogP contribution in [0.5, 0.6) is 0 Å². The Morgan fingerprint density at radius 2 is 1.61 bits per heavy atom. The molecule has 2 aliphatic rings. The van der Waals surface area contributed by atoms with Gasteiger partial charge in [-0.15, -0.1) is 0 Å². The van der Waals surface area contributed by atoms with Crippen molar-refractivity contribution in [2.24, 2.45) is 0 Å². The number of piperazine rings is 1. The lowest BCUT2D eigenvalue weighted by Crippen LogP contribution is -2.60. The Kier molecular flexibility index (Phi) is 4.64. The van der Waals surface area contributed by atoms with E-state index in [2.05, 4.69) is 12.2 Å². The van der Waals surface area contributed by atoms with E-state index in [1.807, 2.05) is 6.92 Å². The molecule has 0 radical (unpaired) electrons. The predicted molar refractivity (Wildman–Crippen MR) is 72.6 cm³/mol. The van der Waals surface area contributed by atoms with Gasteiger partial charge in [0.05, 0.1) is 0 Å². The maximum absolute atomic E-state index is 12.7. The maximum Gasteiger partial charge on any atom is 0.282 e. The smallest absolute Gasteiger partial charge is 0.282 e. The molecule has 6 heteroatoms. The first kappa shape index (κ1) is 14.2. The van der Waals surface area contributed by atoms with Gasteiger partial charge in [-0.25, -0.2) is 0 Å². The summed E-state index contributed by atoms with van der Waals surface area (Å²) in [7, 11) is -3.26. The third-order valence-corrected chi connectivity index (χ3v) is 6.29. The molecule has 0 aliphatic carbocycles. The Morgan fingerprint density at radius 1 is 1.00 bits per heavy atom. The molecule has 0 bridgehead atoms. The third kappa shape index (κ3) is 2.87. The summed E-state index contributed by atoms with van der Waals surface area (Å²) in [5, 5.41) is 3.32. The highest BCUT2D eigenvalue weighted by Crippen LogP contribution is 2.20. The van der Waals surface area contributed by atoms with Crippen LogP contribution in [0.4, 0.5) is 0 Å². The molecule has 2 heterocycles. The molecule has 106 valence electrons. The molecule has 0 saturated carbocycles. The van der Waals surface area contributed by atoms with E-state index in [9.17, 15) is 8.42 Å². The van der Waals surface area contributed by atoms with E-state index in [0.717, 1.165) is 32.2 Å². The second-order valence-electron chi connectivity index (χ2n) is 5.42. The third-order valence-electron chi connectivity index (χ3n) is 4.16. The van der Waals surface area contributed by atoms with Crippen LogP contribution in [0.3, 0.4) is 0 Å². The van der Waals surface area contributed by atoms with Gasteiger partial charge >= 0.3 is 0 Å². The monoisotopic (exact) mass is 275 g/mol. The Morgan fingerprint density at radius 3 is 2.22 bits per heavy atom. The highest BCUT2D eigenvalue weighted by Gasteiger charge is 2.37. The fourth-order valence-corrected chi connectivity index (χ4v) is 4.71. The lowest BCUT2D eigenvalue weighted by Gasteiger charge is -2.39. The van der Waals surface area contributed by atoms with Crippen molar-refractivity contribution in [1.82, 2.24) is 13.9 Å². The molecular weight excluding hydrogens is 250 g/mol. The topological polar surface area (TPSA) is 52.7 Å². The van der Waals surface area contributed by atoms with Crippen LogP contribution in [0, 0.1) is 0 Å². The summed E-state index contributed by atoms with van der Waals surface area (Å²) >= 11 is 0. The van der Waals surface area contributed by atoms with E-state index in [-0.39, 0.29) is 12.1 Å². The van der Waals surface area contributed by atoms with Crippen molar-refractivity contribution in [3.63, 3.8) is 0 Å². The van der Waals surface area contributed by atoms with E-state index >= 15 is 0 Å². The molecule has 5 nitrogen and oxygen atoms in total. The number of nitrogens with one attached hydrogen (secondary N) is 1. The molecule has 2 rings (SSSR count). The minimum atomic E-state index is -3.26. The van der Waals surface area contributed by atoms with E-state index < -0.39 is 10.2 Å². The number of hydrogen-bond acceptors (Lipinski definition) is 3. The highest BCUT2D eigenvalue weighted by molar-refractivity contribution is 7.86. The van der Waals surface area contributed by atoms with Crippen LogP contribution in [0.15, 0.2) is 0 Å². The zero-order valence-corrected chi connectivity index (χ0v) is 12.2. The summed E-state index contributed by atoms with van der Waals surface area (Å²) in [6.45, 7) is 6.75. The van der Waals surface area contributed by atoms with Crippen molar-refractivity contribution in [2.75, 3.05) is 26.2 Å². The average Bonchev–Trinajstić information content (AvgIpc) is 2.61. The van der Waals surface area contributed by atoms with E-state index in [1.165, 1.54) is 0 Å². The summed E-state index contributed by atoms with van der Waals surface area (Å²) in [6, 6.07) is 0.257. The van der Waals surface area contributed by atoms with E-state index in [4.69, 9.17) is 0 Å². The average molecular weight is 275 g/mol. The van der Waals surface area contributed by atoms with Crippen LogP contribution in [-0.2, 0) is 10.2 Å². The molecule has 2 unspecified atom stereocenters. The van der Waals surface area contributed by atoms with Crippen molar-refractivity contribution >= 4 is 10.2 Å². The molecule has 2 atom stereocenters. The first-order valence-corrected chi connectivity index (χ1v) is 8.43. The SMILES string of the molecule is CC1NCCN(S(=O)(=O)N2CCCCCC2)C1C. The fourth-order valence-electron chi connectivity index (χ4n) is 2.77. The van der Waals surface area contributed by atoms with Gasteiger partial charge in [-0.2, -0.15) is 17.0 Å². The minimum absolute atomic E-state index is 0.0343. The molecule has 0 spiro atoms. The molecule has 18 heavy (non-hydrogen) atoms. The number of hydrogen-bond donors (Lipinski definition) is 1. The standard InChI is InChI=1S/C12H25N3O2S/c1-11-12(2)15(10-7-13-11)18(16,17)14-8-5-3-4-6-9-14/h11-13H,3-10H2,1-2H3. The van der Waals surface area contributed by atoms with Crippen molar-refractivity contribution in [2.45, 2.75) is 51.6 Å². The number of nitrogens with zero attached hydrogens (tertiary/aromatic N) is 2. The summed E-state index contributed by atoms with van der Waals surface area (Å²) in [5.41, 5.74) is 0. The van der Waals surface area contributed by atoms with E-state index in [1.54, 1.807) is 8.61 Å². The quantitative estimate of drug-likeness (QED) is 0.810. The van der Waals surface area contributed by atoms with Gasteiger partial charge < -0.3 is 5.32 Å². The first-order chi connectivity index (χ1) is 8.53. The summed E-state index contributed by atoms with van der Waals surface area (Å²) in [5.74, 6) is 0. The van der Waals surface area contributed by atoms with Crippen LogP contribution in [0.1, 0.15) is 39.5 Å². The molecule has 0 aromatic rings. The van der Waals surface area contributed by atoms with Crippen molar-refractivity contribution in [3.8, 4) is 0 Å². The molecule has 2 aliphatic heterocycles. The summed E-state index contributed by atoms with van der Waals surface area (Å²) in [6.07, 6.45) is 4.30. The molecule has 0 aromatic heterocycles. The maximum atomic E-state index is 12.7.